The normalized spacial score (nSPS) is 17.8. The molecule has 0 aliphatic carbocycles. The molecule has 0 amide bonds. The maximum Gasteiger partial charge on any atom is 0.161 e. The average molecular weight is 265 g/mol. The Morgan fingerprint density at radius 1 is 1.21 bits per heavy atom. The van der Waals surface area contributed by atoms with E-state index in [0.717, 1.165) is 0 Å². The number of hydrogen-bond donors (Lipinski definition) is 0. The molecule has 0 aromatic heterocycles. The van der Waals surface area contributed by atoms with E-state index in [1.807, 2.05) is 0 Å². The third-order valence-electron chi connectivity index (χ3n) is 3.67. The Morgan fingerprint density at radius 2 is 1.84 bits per heavy atom. The van der Waals surface area contributed by atoms with Crippen LogP contribution in [-0.4, -0.2) is 33.4 Å². The van der Waals surface area contributed by atoms with Gasteiger partial charge in [0.1, 0.15) is 0 Å². The second kappa shape index (κ2) is 5.48. The molecular formula is C14H17O5-. The number of rotatable bonds is 4. The number of benzene rings is 1. The zero-order valence-corrected chi connectivity index (χ0v) is 11.1. The highest BCUT2D eigenvalue weighted by Gasteiger charge is 2.36. The predicted octanol–water partition coefficient (Wildman–Crippen LogP) is 0.502. The molecule has 0 radical (unpaired) electrons. The van der Waals surface area contributed by atoms with Gasteiger partial charge in [0.15, 0.2) is 11.5 Å². The van der Waals surface area contributed by atoms with Crippen molar-refractivity contribution < 1.29 is 24.1 Å². The van der Waals surface area contributed by atoms with Gasteiger partial charge in [-0.25, -0.2) is 0 Å². The lowest BCUT2D eigenvalue weighted by Gasteiger charge is -2.38. The fourth-order valence-electron chi connectivity index (χ4n) is 2.46. The molecule has 1 aliphatic rings. The van der Waals surface area contributed by atoms with E-state index in [0.29, 0.717) is 43.1 Å². The second-order valence-corrected chi connectivity index (χ2v) is 4.55. The van der Waals surface area contributed by atoms with Crippen LogP contribution in [0.5, 0.6) is 11.5 Å². The second-order valence-electron chi connectivity index (χ2n) is 4.55. The topological polar surface area (TPSA) is 67.8 Å². The van der Waals surface area contributed by atoms with Crippen LogP contribution in [0, 0.1) is 0 Å². The molecule has 1 aromatic rings. The Morgan fingerprint density at radius 3 is 2.37 bits per heavy atom. The molecule has 0 N–H and O–H groups in total. The van der Waals surface area contributed by atoms with Gasteiger partial charge in [0, 0.05) is 18.6 Å². The highest BCUT2D eigenvalue weighted by Crippen LogP contribution is 2.38. The third-order valence-corrected chi connectivity index (χ3v) is 3.67. The van der Waals surface area contributed by atoms with E-state index in [2.05, 4.69) is 0 Å². The van der Waals surface area contributed by atoms with Gasteiger partial charge in [-0.2, -0.15) is 0 Å². The third kappa shape index (κ3) is 2.38. The zero-order valence-electron chi connectivity index (χ0n) is 11.1. The van der Waals surface area contributed by atoms with Crippen molar-refractivity contribution in [2.75, 3.05) is 27.4 Å². The molecule has 1 aromatic carbocycles. The zero-order chi connectivity index (χ0) is 13.9. The van der Waals surface area contributed by atoms with E-state index in [9.17, 15) is 9.90 Å². The summed E-state index contributed by atoms with van der Waals surface area (Å²) in [4.78, 5) is 11.6. The lowest BCUT2D eigenvalue weighted by atomic mass is 9.74. The Kier molecular flexibility index (Phi) is 3.95. The first kappa shape index (κ1) is 13.7. The predicted molar refractivity (Wildman–Crippen MR) is 66.3 cm³/mol. The van der Waals surface area contributed by atoms with Crippen LogP contribution in [0.3, 0.4) is 0 Å². The highest BCUT2D eigenvalue weighted by atomic mass is 16.5. The smallest absolute Gasteiger partial charge is 0.161 e. The molecular weight excluding hydrogens is 248 g/mol. The molecule has 0 atom stereocenters. The molecule has 0 bridgehead atoms. The lowest BCUT2D eigenvalue weighted by Crippen LogP contribution is -2.49. The van der Waals surface area contributed by atoms with Crippen molar-refractivity contribution in [1.29, 1.82) is 0 Å². The molecule has 1 aliphatic heterocycles. The molecule has 19 heavy (non-hydrogen) atoms. The van der Waals surface area contributed by atoms with E-state index in [-0.39, 0.29) is 0 Å². The summed E-state index contributed by atoms with van der Waals surface area (Å²) in [5.41, 5.74) is -0.328. The highest BCUT2D eigenvalue weighted by molar-refractivity contribution is 5.80. The van der Waals surface area contributed by atoms with Gasteiger partial charge >= 0.3 is 0 Å². The van der Waals surface area contributed by atoms with E-state index in [1.165, 1.54) is 7.11 Å². The summed E-state index contributed by atoms with van der Waals surface area (Å²) in [6.45, 7) is 0.838. The summed E-state index contributed by atoms with van der Waals surface area (Å²) in [5.74, 6) is 0.0296. The number of carboxylic acids is 1. The van der Waals surface area contributed by atoms with Crippen molar-refractivity contribution in [3.05, 3.63) is 23.8 Å². The van der Waals surface area contributed by atoms with Gasteiger partial charge in [-0.05, 0) is 30.5 Å². The van der Waals surface area contributed by atoms with E-state index in [4.69, 9.17) is 14.2 Å². The molecule has 1 fully saturated rings. The van der Waals surface area contributed by atoms with Gasteiger partial charge in [-0.3, -0.25) is 0 Å². The number of ether oxygens (including phenoxy) is 3. The molecule has 5 nitrogen and oxygen atoms in total. The first-order chi connectivity index (χ1) is 9.14. The largest absolute Gasteiger partial charge is 0.549 e. The number of carboxylic acid groups (broad SMARTS) is 1. The van der Waals surface area contributed by atoms with Crippen LogP contribution in [0.15, 0.2) is 18.2 Å². The van der Waals surface area contributed by atoms with Crippen molar-refractivity contribution in [2.45, 2.75) is 18.3 Å². The van der Waals surface area contributed by atoms with Crippen LogP contribution in [-0.2, 0) is 14.9 Å². The fraction of sp³-hybridized carbons (Fsp3) is 0.500. The molecule has 104 valence electrons. The minimum absolute atomic E-state index is 0.408. The van der Waals surface area contributed by atoms with E-state index >= 15 is 0 Å². The number of aliphatic carboxylic acids is 1. The Hall–Kier alpha value is -1.75. The maximum absolute atomic E-state index is 11.6. The van der Waals surface area contributed by atoms with Crippen LogP contribution in [0.2, 0.25) is 0 Å². The summed E-state index contributed by atoms with van der Waals surface area (Å²) in [7, 11) is 3.07. The van der Waals surface area contributed by atoms with Crippen molar-refractivity contribution in [3.63, 3.8) is 0 Å². The molecule has 1 saturated heterocycles. The van der Waals surface area contributed by atoms with Gasteiger partial charge < -0.3 is 24.1 Å². The lowest BCUT2D eigenvalue weighted by molar-refractivity contribution is -0.316. The summed E-state index contributed by atoms with van der Waals surface area (Å²) >= 11 is 0. The molecule has 0 saturated carbocycles. The molecule has 0 unspecified atom stereocenters. The minimum Gasteiger partial charge on any atom is -0.549 e. The SMILES string of the molecule is COc1ccc(C2(C(=O)[O-])CCOCC2)cc1OC. The Bertz CT molecular complexity index is 463. The quantitative estimate of drug-likeness (QED) is 0.793. The number of methoxy groups -OCH3 is 2. The van der Waals surface area contributed by atoms with Crippen molar-refractivity contribution in [2.24, 2.45) is 0 Å². The molecule has 2 rings (SSSR count). The molecule has 5 heteroatoms. The van der Waals surface area contributed by atoms with Crippen LogP contribution in [0.4, 0.5) is 0 Å². The van der Waals surface area contributed by atoms with Gasteiger partial charge in [-0.1, -0.05) is 6.07 Å². The summed E-state index contributed by atoms with van der Waals surface area (Å²) in [6, 6.07) is 5.18. The van der Waals surface area contributed by atoms with Gasteiger partial charge in [0.05, 0.1) is 20.2 Å². The molecule has 1 heterocycles. The summed E-state index contributed by atoms with van der Waals surface area (Å²) in [6.07, 6.45) is 0.815. The number of carbonyl (C=O) groups is 1. The summed E-state index contributed by atoms with van der Waals surface area (Å²) in [5, 5.41) is 11.6. The number of hydrogen-bond acceptors (Lipinski definition) is 5. The van der Waals surface area contributed by atoms with E-state index in [1.54, 1.807) is 25.3 Å². The first-order valence-electron chi connectivity index (χ1n) is 6.16. The maximum atomic E-state index is 11.6. The van der Waals surface area contributed by atoms with Crippen molar-refractivity contribution in [3.8, 4) is 11.5 Å². The molecule has 0 spiro atoms. The van der Waals surface area contributed by atoms with Crippen LogP contribution >= 0.6 is 0 Å². The van der Waals surface area contributed by atoms with E-state index < -0.39 is 11.4 Å². The average Bonchev–Trinajstić information content (AvgIpc) is 2.47. The van der Waals surface area contributed by atoms with Gasteiger partial charge in [0.25, 0.3) is 0 Å². The van der Waals surface area contributed by atoms with Crippen LogP contribution in [0.1, 0.15) is 18.4 Å². The van der Waals surface area contributed by atoms with Crippen molar-refractivity contribution >= 4 is 5.97 Å². The Labute approximate surface area is 112 Å². The Balaban J connectivity index is 2.45. The van der Waals surface area contributed by atoms with Gasteiger partial charge in [-0.15, -0.1) is 0 Å². The summed E-state index contributed by atoms with van der Waals surface area (Å²) < 4.78 is 15.6. The first-order valence-corrected chi connectivity index (χ1v) is 6.16. The van der Waals surface area contributed by atoms with Crippen LogP contribution < -0.4 is 14.6 Å². The monoisotopic (exact) mass is 265 g/mol. The van der Waals surface area contributed by atoms with Crippen molar-refractivity contribution in [1.82, 2.24) is 0 Å². The van der Waals surface area contributed by atoms with Gasteiger partial charge in [0.2, 0.25) is 0 Å². The fourth-order valence-corrected chi connectivity index (χ4v) is 2.46. The van der Waals surface area contributed by atoms with Crippen LogP contribution in [0.25, 0.3) is 0 Å². The standard InChI is InChI=1S/C14H18O5/c1-17-11-4-3-10(9-12(11)18-2)14(13(15)16)5-7-19-8-6-14/h3-4,9H,5-8H2,1-2H3,(H,15,16)/p-1. The minimum atomic E-state index is -1.07. The number of carbonyl (C=O) groups excluding carboxylic acids is 1.